The van der Waals surface area contributed by atoms with Crippen LogP contribution in [0.3, 0.4) is 0 Å². The molecule has 0 heterocycles. The third kappa shape index (κ3) is 5.23. The standard InChI is InChI=1S/C12H14ClNO4S2/c1-19(16)8-6-14-20(17,18)12-5-4-10(3-2-7-15)9-11(12)13/h4-5,9,14-15H,6-8H2,1H3. The van der Waals surface area contributed by atoms with Crippen LogP contribution in [-0.2, 0) is 20.8 Å². The van der Waals surface area contributed by atoms with Gasteiger partial charge < -0.3 is 5.11 Å². The second-order valence-corrected chi connectivity index (χ2v) is 7.48. The molecule has 1 rings (SSSR count). The number of aliphatic hydroxyl groups is 1. The monoisotopic (exact) mass is 335 g/mol. The highest BCUT2D eigenvalue weighted by atomic mass is 35.5. The molecule has 0 amide bonds. The Morgan fingerprint density at radius 1 is 1.45 bits per heavy atom. The van der Waals surface area contributed by atoms with Crippen LogP contribution in [0.2, 0.25) is 5.02 Å². The van der Waals surface area contributed by atoms with Gasteiger partial charge in [0.05, 0.1) is 5.02 Å². The van der Waals surface area contributed by atoms with E-state index in [1.165, 1.54) is 24.5 Å². The summed E-state index contributed by atoms with van der Waals surface area (Å²) in [5, 5.41) is 8.63. The fourth-order valence-electron chi connectivity index (χ4n) is 1.34. The van der Waals surface area contributed by atoms with Crippen molar-refractivity contribution in [3.63, 3.8) is 0 Å². The number of hydrogen-bond acceptors (Lipinski definition) is 4. The van der Waals surface area contributed by atoms with Gasteiger partial charge in [0.15, 0.2) is 0 Å². The molecule has 2 N–H and O–H groups in total. The van der Waals surface area contributed by atoms with E-state index in [2.05, 4.69) is 16.6 Å². The van der Waals surface area contributed by atoms with Crippen molar-refractivity contribution in [3.05, 3.63) is 28.8 Å². The topological polar surface area (TPSA) is 83.5 Å². The molecule has 0 bridgehead atoms. The summed E-state index contributed by atoms with van der Waals surface area (Å²) in [6, 6.07) is 4.26. The van der Waals surface area contributed by atoms with Gasteiger partial charge >= 0.3 is 0 Å². The predicted molar refractivity (Wildman–Crippen MR) is 79.5 cm³/mol. The second-order valence-electron chi connectivity index (χ2n) is 3.78. The van der Waals surface area contributed by atoms with Crippen LogP contribution in [0.4, 0.5) is 0 Å². The number of nitrogens with one attached hydrogen (secondary N) is 1. The number of aliphatic hydroxyl groups excluding tert-OH is 1. The van der Waals surface area contributed by atoms with E-state index in [1.807, 2.05) is 0 Å². The smallest absolute Gasteiger partial charge is 0.242 e. The van der Waals surface area contributed by atoms with Gasteiger partial charge in [0, 0.05) is 34.9 Å². The van der Waals surface area contributed by atoms with Crippen LogP contribution < -0.4 is 4.72 Å². The Labute approximate surface area is 125 Å². The zero-order chi connectivity index (χ0) is 15.2. The summed E-state index contributed by atoms with van der Waals surface area (Å²) in [5.41, 5.74) is 0.512. The molecule has 0 spiro atoms. The molecule has 0 saturated carbocycles. The quantitative estimate of drug-likeness (QED) is 0.760. The second kappa shape index (κ2) is 7.76. The van der Waals surface area contributed by atoms with Crippen molar-refractivity contribution in [2.24, 2.45) is 0 Å². The summed E-state index contributed by atoms with van der Waals surface area (Å²) in [5.74, 6) is 5.31. The first-order valence-corrected chi connectivity index (χ1v) is 9.14. The predicted octanol–water partition coefficient (Wildman–Crippen LogP) is 0.341. The summed E-state index contributed by atoms with van der Waals surface area (Å²) in [4.78, 5) is -0.0596. The van der Waals surface area contributed by atoms with Crippen LogP contribution >= 0.6 is 11.6 Å². The zero-order valence-electron chi connectivity index (χ0n) is 10.7. The Morgan fingerprint density at radius 2 is 2.15 bits per heavy atom. The van der Waals surface area contributed by atoms with Crippen molar-refractivity contribution in [2.45, 2.75) is 4.90 Å². The molecule has 1 aromatic carbocycles. The van der Waals surface area contributed by atoms with Gasteiger partial charge in [-0.25, -0.2) is 13.1 Å². The summed E-state index contributed by atoms with van der Waals surface area (Å²) < 4.78 is 37.2. The Morgan fingerprint density at radius 3 is 2.70 bits per heavy atom. The molecule has 5 nitrogen and oxygen atoms in total. The summed E-state index contributed by atoms with van der Waals surface area (Å²) in [6.45, 7) is -0.207. The lowest BCUT2D eigenvalue weighted by Gasteiger charge is -2.08. The summed E-state index contributed by atoms with van der Waals surface area (Å²) >= 11 is 5.92. The van der Waals surface area contributed by atoms with Crippen molar-refractivity contribution >= 4 is 32.4 Å². The lowest BCUT2D eigenvalue weighted by molar-refractivity contribution is 0.350. The Kier molecular flexibility index (Phi) is 6.65. The normalized spacial score (nSPS) is 12.6. The number of benzene rings is 1. The van der Waals surface area contributed by atoms with Crippen LogP contribution in [0, 0.1) is 11.8 Å². The minimum absolute atomic E-state index is 0.0415. The van der Waals surface area contributed by atoms with E-state index in [0.717, 1.165) is 0 Å². The number of sulfonamides is 1. The highest BCUT2D eigenvalue weighted by Gasteiger charge is 2.17. The molecule has 1 atom stereocenters. The molecule has 8 heteroatoms. The van der Waals surface area contributed by atoms with Crippen LogP contribution in [0.15, 0.2) is 23.1 Å². The van der Waals surface area contributed by atoms with Gasteiger partial charge in [-0.1, -0.05) is 23.4 Å². The van der Waals surface area contributed by atoms with Gasteiger partial charge in [0.25, 0.3) is 0 Å². The highest BCUT2D eigenvalue weighted by molar-refractivity contribution is 7.89. The van der Waals surface area contributed by atoms with E-state index < -0.39 is 20.8 Å². The molecule has 0 fully saturated rings. The number of halogens is 1. The van der Waals surface area contributed by atoms with Gasteiger partial charge in [0.2, 0.25) is 10.0 Å². The van der Waals surface area contributed by atoms with E-state index in [0.29, 0.717) is 5.56 Å². The molecule has 110 valence electrons. The average molecular weight is 336 g/mol. The molecular weight excluding hydrogens is 322 g/mol. The minimum atomic E-state index is -3.74. The maximum absolute atomic E-state index is 12.0. The van der Waals surface area contributed by atoms with Gasteiger partial charge in [-0.05, 0) is 18.2 Å². The first-order chi connectivity index (χ1) is 9.36. The van der Waals surface area contributed by atoms with Gasteiger partial charge in [-0.3, -0.25) is 4.21 Å². The van der Waals surface area contributed by atoms with Gasteiger partial charge in [0.1, 0.15) is 11.5 Å². The SMILES string of the molecule is CS(=O)CCNS(=O)(=O)c1ccc(C#CCO)cc1Cl. The van der Waals surface area contributed by atoms with Crippen molar-refractivity contribution in [3.8, 4) is 11.8 Å². The molecule has 0 aliphatic rings. The zero-order valence-corrected chi connectivity index (χ0v) is 13.1. The van der Waals surface area contributed by atoms with Crippen LogP contribution in [-0.4, -0.2) is 42.9 Å². The molecule has 0 radical (unpaired) electrons. The lowest BCUT2D eigenvalue weighted by Crippen LogP contribution is -2.28. The molecule has 0 saturated heterocycles. The largest absolute Gasteiger partial charge is 0.384 e. The van der Waals surface area contributed by atoms with Gasteiger partial charge in [-0.15, -0.1) is 0 Å². The number of hydrogen-bond donors (Lipinski definition) is 2. The Hall–Kier alpha value is -0.910. The van der Waals surface area contributed by atoms with Crippen LogP contribution in [0.1, 0.15) is 5.56 Å². The molecule has 1 unspecified atom stereocenters. The van der Waals surface area contributed by atoms with E-state index in [-0.39, 0.29) is 28.8 Å². The Balaban J connectivity index is 2.93. The Bertz CT molecular complexity index is 662. The average Bonchev–Trinajstić information content (AvgIpc) is 2.35. The lowest BCUT2D eigenvalue weighted by atomic mass is 10.2. The molecule has 0 aliphatic heterocycles. The molecule has 0 aromatic heterocycles. The molecule has 0 aliphatic carbocycles. The molecular formula is C12H14ClNO4S2. The molecule has 1 aromatic rings. The number of rotatable bonds is 5. The van der Waals surface area contributed by atoms with E-state index in [1.54, 1.807) is 0 Å². The highest BCUT2D eigenvalue weighted by Crippen LogP contribution is 2.22. The van der Waals surface area contributed by atoms with Crippen LogP contribution in [0.5, 0.6) is 0 Å². The maximum atomic E-state index is 12.0. The first-order valence-electron chi connectivity index (χ1n) is 5.56. The van der Waals surface area contributed by atoms with Gasteiger partial charge in [-0.2, -0.15) is 0 Å². The fraction of sp³-hybridized carbons (Fsp3) is 0.333. The molecule has 20 heavy (non-hydrogen) atoms. The minimum Gasteiger partial charge on any atom is -0.384 e. The van der Waals surface area contributed by atoms with E-state index in [4.69, 9.17) is 16.7 Å². The van der Waals surface area contributed by atoms with E-state index in [9.17, 15) is 12.6 Å². The van der Waals surface area contributed by atoms with Crippen molar-refractivity contribution in [1.82, 2.24) is 4.72 Å². The third-order valence-corrected chi connectivity index (χ3v) is 4.94. The van der Waals surface area contributed by atoms with E-state index >= 15 is 0 Å². The van der Waals surface area contributed by atoms with Crippen LogP contribution in [0.25, 0.3) is 0 Å². The van der Waals surface area contributed by atoms with Crippen molar-refractivity contribution < 1.29 is 17.7 Å². The van der Waals surface area contributed by atoms with Crippen molar-refractivity contribution in [2.75, 3.05) is 25.2 Å². The summed E-state index contributed by atoms with van der Waals surface area (Å²) in [7, 11) is -4.81. The fourth-order valence-corrected chi connectivity index (χ4v) is 3.43. The first kappa shape index (κ1) is 17.1. The van der Waals surface area contributed by atoms with Crippen molar-refractivity contribution in [1.29, 1.82) is 0 Å². The summed E-state index contributed by atoms with van der Waals surface area (Å²) in [6.07, 6.45) is 1.50. The maximum Gasteiger partial charge on any atom is 0.242 e. The third-order valence-electron chi connectivity index (χ3n) is 2.21.